The second kappa shape index (κ2) is 7.25. The third kappa shape index (κ3) is 6.24. The molecule has 1 atom stereocenters. The topological polar surface area (TPSA) is 98.5 Å². The summed E-state index contributed by atoms with van der Waals surface area (Å²) in [5.74, 6) is -1.57. The van der Waals surface area contributed by atoms with Crippen LogP contribution < -0.4 is 0 Å². The average molecular weight is 262 g/mol. The maximum atomic E-state index is 11.8. The first-order chi connectivity index (χ1) is 7.83. The summed E-state index contributed by atoms with van der Waals surface area (Å²) in [6, 6.07) is 1.98. The van der Waals surface area contributed by atoms with Gasteiger partial charge in [-0.15, -0.1) is 0 Å². The molecular formula is C10H18N2O4S. The molecule has 0 rings (SSSR count). The van der Waals surface area contributed by atoms with Gasteiger partial charge in [0, 0.05) is 19.5 Å². The molecule has 0 aliphatic carbocycles. The molecule has 0 aliphatic heterocycles. The lowest BCUT2D eigenvalue weighted by atomic mass is 10.2. The van der Waals surface area contributed by atoms with Gasteiger partial charge in [0.25, 0.3) is 0 Å². The Kier molecular flexibility index (Phi) is 6.76. The number of aliphatic carboxylic acids is 1. The number of carboxylic acids is 1. The molecule has 0 bridgehead atoms. The second-order valence-corrected chi connectivity index (χ2v) is 5.88. The molecule has 0 spiro atoms. The van der Waals surface area contributed by atoms with Gasteiger partial charge in [-0.1, -0.05) is 6.92 Å². The zero-order valence-corrected chi connectivity index (χ0v) is 10.9. The van der Waals surface area contributed by atoms with E-state index in [-0.39, 0.29) is 31.1 Å². The number of sulfonamides is 1. The van der Waals surface area contributed by atoms with E-state index >= 15 is 0 Å². The predicted octanol–water partition coefficient (Wildman–Crippen LogP) is 0.663. The van der Waals surface area contributed by atoms with E-state index in [1.807, 2.05) is 6.07 Å². The molecule has 0 aliphatic rings. The van der Waals surface area contributed by atoms with E-state index in [4.69, 9.17) is 10.4 Å². The molecule has 0 heterocycles. The van der Waals surface area contributed by atoms with Crippen molar-refractivity contribution in [2.75, 3.05) is 18.8 Å². The number of nitrogens with zero attached hydrogens (tertiary/aromatic N) is 2. The highest BCUT2D eigenvalue weighted by Crippen LogP contribution is 2.08. The van der Waals surface area contributed by atoms with Crippen molar-refractivity contribution < 1.29 is 18.3 Å². The molecule has 0 radical (unpaired) electrons. The summed E-state index contributed by atoms with van der Waals surface area (Å²) in [7, 11) is -3.45. The predicted molar refractivity (Wildman–Crippen MR) is 62.7 cm³/mol. The molecule has 98 valence electrons. The number of carbonyl (C=O) groups is 1. The van der Waals surface area contributed by atoms with Gasteiger partial charge in [-0.05, 0) is 13.3 Å². The number of hydrogen-bond acceptors (Lipinski definition) is 4. The fraction of sp³-hybridized carbons (Fsp3) is 0.800. The van der Waals surface area contributed by atoms with Crippen LogP contribution in [0.1, 0.15) is 26.7 Å². The third-order valence-corrected chi connectivity index (χ3v) is 4.24. The Morgan fingerprint density at radius 1 is 1.53 bits per heavy atom. The molecule has 0 aromatic carbocycles. The van der Waals surface area contributed by atoms with Crippen LogP contribution in [-0.4, -0.2) is 42.6 Å². The molecule has 17 heavy (non-hydrogen) atoms. The van der Waals surface area contributed by atoms with Gasteiger partial charge in [0.2, 0.25) is 10.0 Å². The van der Waals surface area contributed by atoms with Crippen LogP contribution in [0.25, 0.3) is 0 Å². The molecule has 1 unspecified atom stereocenters. The van der Waals surface area contributed by atoms with E-state index in [0.29, 0.717) is 6.54 Å². The van der Waals surface area contributed by atoms with E-state index in [0.717, 1.165) is 0 Å². The largest absolute Gasteiger partial charge is 0.481 e. The Morgan fingerprint density at radius 2 is 2.12 bits per heavy atom. The first-order valence-corrected chi connectivity index (χ1v) is 7.03. The standard InChI is InChI=1S/C10H18N2O4S/c1-3-12(8-9(2)7-11)17(15,16)6-4-5-10(13)14/h9H,3-6,8H2,1-2H3,(H,13,14). The summed E-state index contributed by atoms with van der Waals surface area (Å²) in [6.07, 6.45) is -0.0698. The van der Waals surface area contributed by atoms with Crippen molar-refractivity contribution in [1.29, 1.82) is 5.26 Å². The van der Waals surface area contributed by atoms with Gasteiger partial charge in [-0.25, -0.2) is 12.7 Å². The lowest BCUT2D eigenvalue weighted by molar-refractivity contribution is -0.137. The first kappa shape index (κ1) is 15.9. The summed E-state index contributed by atoms with van der Waals surface area (Å²) < 4.78 is 24.9. The Balaban J connectivity index is 4.44. The van der Waals surface area contributed by atoms with Crippen molar-refractivity contribution in [1.82, 2.24) is 4.31 Å². The molecule has 0 aromatic heterocycles. The SMILES string of the molecule is CCN(CC(C)C#N)S(=O)(=O)CCCC(=O)O. The van der Waals surface area contributed by atoms with Gasteiger partial charge in [0.1, 0.15) is 0 Å². The summed E-state index contributed by atoms with van der Waals surface area (Å²) in [6.45, 7) is 3.79. The maximum Gasteiger partial charge on any atom is 0.303 e. The minimum absolute atomic E-state index is 0.0924. The van der Waals surface area contributed by atoms with E-state index in [1.165, 1.54) is 4.31 Å². The Morgan fingerprint density at radius 3 is 2.53 bits per heavy atom. The first-order valence-electron chi connectivity index (χ1n) is 5.42. The van der Waals surface area contributed by atoms with Crippen LogP contribution in [0.2, 0.25) is 0 Å². The lowest BCUT2D eigenvalue weighted by Gasteiger charge is -2.21. The van der Waals surface area contributed by atoms with Crippen molar-refractivity contribution in [3.8, 4) is 6.07 Å². The number of carboxylic acid groups (broad SMARTS) is 1. The van der Waals surface area contributed by atoms with Crippen LogP contribution in [0.3, 0.4) is 0 Å². The van der Waals surface area contributed by atoms with Crippen LogP contribution in [0.5, 0.6) is 0 Å². The number of hydrogen-bond donors (Lipinski definition) is 1. The van der Waals surface area contributed by atoms with E-state index < -0.39 is 16.0 Å². The average Bonchev–Trinajstić information content (AvgIpc) is 2.24. The molecule has 0 saturated carbocycles. The Bertz CT molecular complexity index is 386. The molecule has 0 amide bonds. The van der Waals surface area contributed by atoms with Crippen molar-refractivity contribution >= 4 is 16.0 Å². The fourth-order valence-electron chi connectivity index (χ4n) is 1.32. The summed E-state index contributed by atoms with van der Waals surface area (Å²) >= 11 is 0. The zero-order chi connectivity index (χ0) is 13.5. The maximum absolute atomic E-state index is 11.8. The van der Waals surface area contributed by atoms with Crippen molar-refractivity contribution in [3.05, 3.63) is 0 Å². The second-order valence-electron chi connectivity index (χ2n) is 3.79. The van der Waals surface area contributed by atoms with Gasteiger partial charge in [0.05, 0.1) is 17.7 Å². The van der Waals surface area contributed by atoms with Crippen molar-refractivity contribution in [2.24, 2.45) is 5.92 Å². The van der Waals surface area contributed by atoms with Crippen LogP contribution in [0.4, 0.5) is 0 Å². The molecule has 0 saturated heterocycles. The summed E-state index contributed by atoms with van der Waals surface area (Å²) in [5, 5.41) is 17.1. The van der Waals surface area contributed by atoms with Crippen LogP contribution >= 0.6 is 0 Å². The Labute approximate surface area is 102 Å². The van der Waals surface area contributed by atoms with Gasteiger partial charge >= 0.3 is 5.97 Å². The van der Waals surface area contributed by atoms with Gasteiger partial charge < -0.3 is 5.11 Å². The highest BCUT2D eigenvalue weighted by Gasteiger charge is 2.22. The monoisotopic (exact) mass is 262 g/mol. The quantitative estimate of drug-likeness (QED) is 0.693. The molecule has 1 N–H and O–H groups in total. The molecule has 6 nitrogen and oxygen atoms in total. The minimum Gasteiger partial charge on any atom is -0.481 e. The lowest BCUT2D eigenvalue weighted by Crippen LogP contribution is -2.36. The van der Waals surface area contributed by atoms with Gasteiger partial charge in [0.15, 0.2) is 0 Å². The summed E-state index contributed by atoms with van der Waals surface area (Å²) in [4.78, 5) is 10.3. The van der Waals surface area contributed by atoms with E-state index in [9.17, 15) is 13.2 Å². The number of rotatable bonds is 8. The van der Waals surface area contributed by atoms with E-state index in [2.05, 4.69) is 0 Å². The Hall–Kier alpha value is -1.13. The minimum atomic E-state index is -3.45. The van der Waals surface area contributed by atoms with Crippen molar-refractivity contribution in [3.63, 3.8) is 0 Å². The van der Waals surface area contributed by atoms with Gasteiger partial charge in [-0.2, -0.15) is 5.26 Å². The van der Waals surface area contributed by atoms with E-state index in [1.54, 1.807) is 13.8 Å². The number of nitriles is 1. The van der Waals surface area contributed by atoms with Gasteiger partial charge in [-0.3, -0.25) is 4.79 Å². The van der Waals surface area contributed by atoms with Crippen LogP contribution in [0, 0.1) is 17.2 Å². The van der Waals surface area contributed by atoms with Crippen LogP contribution in [-0.2, 0) is 14.8 Å². The molecule has 7 heteroatoms. The highest BCUT2D eigenvalue weighted by molar-refractivity contribution is 7.89. The third-order valence-electron chi connectivity index (χ3n) is 2.24. The van der Waals surface area contributed by atoms with Crippen molar-refractivity contribution in [2.45, 2.75) is 26.7 Å². The molecule has 0 aromatic rings. The normalized spacial score (nSPS) is 13.3. The fourth-order valence-corrected chi connectivity index (χ4v) is 2.93. The van der Waals surface area contributed by atoms with Crippen LogP contribution in [0.15, 0.2) is 0 Å². The highest BCUT2D eigenvalue weighted by atomic mass is 32.2. The summed E-state index contributed by atoms with van der Waals surface area (Å²) in [5.41, 5.74) is 0. The molecule has 0 fully saturated rings. The zero-order valence-electron chi connectivity index (χ0n) is 10.1. The smallest absolute Gasteiger partial charge is 0.303 e. The molecular weight excluding hydrogens is 244 g/mol.